The first-order valence-electron chi connectivity index (χ1n) is 6.43. The van der Waals surface area contributed by atoms with Crippen molar-refractivity contribution in [3.05, 3.63) is 34.9 Å². The smallest absolute Gasteiger partial charge is 0.219 e. The van der Waals surface area contributed by atoms with Crippen LogP contribution in [0.5, 0.6) is 0 Å². The molecule has 1 aliphatic heterocycles. The minimum Gasteiger partial charge on any atom is -0.338 e. The van der Waals surface area contributed by atoms with Crippen LogP contribution in [0.4, 0.5) is 0 Å². The zero-order valence-corrected chi connectivity index (χ0v) is 11.0. The molecule has 1 aromatic carbocycles. The van der Waals surface area contributed by atoms with Crippen molar-refractivity contribution in [1.29, 1.82) is 0 Å². The summed E-state index contributed by atoms with van der Waals surface area (Å²) in [5.41, 5.74) is 4.24. The van der Waals surface area contributed by atoms with Gasteiger partial charge in [-0.25, -0.2) is 0 Å². The molecule has 1 aromatic rings. The Labute approximate surface area is 104 Å². The SMILES string of the molecule is CC(=O)N1CCc2cccc(CC(C)C)c2C1. The summed E-state index contributed by atoms with van der Waals surface area (Å²) >= 11 is 0. The summed E-state index contributed by atoms with van der Waals surface area (Å²) < 4.78 is 0. The Kier molecular flexibility index (Phi) is 3.51. The van der Waals surface area contributed by atoms with Crippen molar-refractivity contribution in [2.45, 2.75) is 40.2 Å². The average molecular weight is 231 g/mol. The van der Waals surface area contributed by atoms with Crippen molar-refractivity contribution in [2.75, 3.05) is 6.54 Å². The number of fused-ring (bicyclic) bond motifs is 1. The summed E-state index contributed by atoms with van der Waals surface area (Å²) in [5.74, 6) is 0.851. The van der Waals surface area contributed by atoms with Crippen LogP contribution in [0.25, 0.3) is 0 Å². The van der Waals surface area contributed by atoms with E-state index in [1.807, 2.05) is 4.90 Å². The first-order chi connectivity index (χ1) is 8.08. The van der Waals surface area contributed by atoms with E-state index in [9.17, 15) is 4.79 Å². The number of benzene rings is 1. The van der Waals surface area contributed by atoms with Gasteiger partial charge in [0.15, 0.2) is 0 Å². The highest BCUT2D eigenvalue weighted by molar-refractivity contribution is 5.73. The number of carbonyl (C=O) groups excluding carboxylic acids is 1. The lowest BCUT2D eigenvalue weighted by Gasteiger charge is -2.30. The number of rotatable bonds is 2. The van der Waals surface area contributed by atoms with E-state index >= 15 is 0 Å². The van der Waals surface area contributed by atoms with Crippen molar-refractivity contribution in [2.24, 2.45) is 5.92 Å². The molecule has 2 nitrogen and oxygen atoms in total. The summed E-state index contributed by atoms with van der Waals surface area (Å²) in [5, 5.41) is 0. The van der Waals surface area contributed by atoms with E-state index in [2.05, 4.69) is 32.0 Å². The van der Waals surface area contributed by atoms with Crippen LogP contribution in [0.3, 0.4) is 0 Å². The molecule has 0 fully saturated rings. The van der Waals surface area contributed by atoms with Crippen LogP contribution in [-0.2, 0) is 24.2 Å². The van der Waals surface area contributed by atoms with Gasteiger partial charge in [0.2, 0.25) is 5.91 Å². The summed E-state index contributed by atoms with van der Waals surface area (Å²) in [7, 11) is 0. The summed E-state index contributed by atoms with van der Waals surface area (Å²) in [6.07, 6.45) is 2.11. The maximum atomic E-state index is 11.5. The molecule has 0 saturated heterocycles. The van der Waals surface area contributed by atoms with E-state index < -0.39 is 0 Å². The standard InChI is InChI=1S/C15H21NO/c1-11(2)9-14-6-4-5-13-7-8-16(12(3)17)10-15(13)14/h4-6,11H,7-10H2,1-3H3. The third kappa shape index (κ3) is 2.68. The second-order valence-electron chi connectivity index (χ2n) is 5.34. The fourth-order valence-corrected chi connectivity index (χ4v) is 2.55. The van der Waals surface area contributed by atoms with Gasteiger partial charge in [0.05, 0.1) is 0 Å². The van der Waals surface area contributed by atoms with Gasteiger partial charge in [-0.2, -0.15) is 0 Å². The first-order valence-corrected chi connectivity index (χ1v) is 6.43. The molecular weight excluding hydrogens is 210 g/mol. The third-order valence-corrected chi connectivity index (χ3v) is 3.44. The largest absolute Gasteiger partial charge is 0.338 e. The van der Waals surface area contributed by atoms with Crippen molar-refractivity contribution >= 4 is 5.91 Å². The van der Waals surface area contributed by atoms with Crippen molar-refractivity contribution in [1.82, 2.24) is 4.90 Å². The van der Waals surface area contributed by atoms with Gasteiger partial charge < -0.3 is 4.90 Å². The maximum Gasteiger partial charge on any atom is 0.219 e. The monoisotopic (exact) mass is 231 g/mol. The molecule has 1 aliphatic rings. The van der Waals surface area contributed by atoms with E-state index in [4.69, 9.17) is 0 Å². The first kappa shape index (κ1) is 12.2. The zero-order valence-electron chi connectivity index (χ0n) is 11.0. The van der Waals surface area contributed by atoms with Crippen LogP contribution in [0.1, 0.15) is 37.5 Å². The Morgan fingerprint density at radius 1 is 1.41 bits per heavy atom. The van der Waals surface area contributed by atoms with E-state index in [1.165, 1.54) is 16.7 Å². The molecule has 0 bridgehead atoms. The molecule has 0 N–H and O–H groups in total. The van der Waals surface area contributed by atoms with Gasteiger partial charge in [0.25, 0.3) is 0 Å². The highest BCUT2D eigenvalue weighted by atomic mass is 16.2. The number of nitrogens with zero attached hydrogens (tertiary/aromatic N) is 1. The quantitative estimate of drug-likeness (QED) is 0.766. The van der Waals surface area contributed by atoms with E-state index in [-0.39, 0.29) is 5.91 Å². The fourth-order valence-electron chi connectivity index (χ4n) is 2.55. The molecule has 0 atom stereocenters. The molecule has 92 valence electrons. The highest BCUT2D eigenvalue weighted by Gasteiger charge is 2.20. The lowest BCUT2D eigenvalue weighted by atomic mass is 9.90. The lowest BCUT2D eigenvalue weighted by Crippen LogP contribution is -2.34. The minimum atomic E-state index is 0.190. The van der Waals surface area contributed by atoms with Crippen LogP contribution < -0.4 is 0 Å². The van der Waals surface area contributed by atoms with Crippen molar-refractivity contribution < 1.29 is 4.79 Å². The predicted octanol–water partition coefficient (Wildman–Crippen LogP) is 2.79. The average Bonchev–Trinajstić information content (AvgIpc) is 2.28. The Bertz CT molecular complexity index is 423. The van der Waals surface area contributed by atoms with Gasteiger partial charge in [0, 0.05) is 20.0 Å². The molecule has 1 amide bonds. The molecule has 1 heterocycles. The normalized spacial score (nSPS) is 14.9. The zero-order chi connectivity index (χ0) is 12.4. The molecule has 0 saturated carbocycles. The predicted molar refractivity (Wildman–Crippen MR) is 69.8 cm³/mol. The van der Waals surface area contributed by atoms with Crippen LogP contribution in [0.2, 0.25) is 0 Å². The lowest BCUT2D eigenvalue weighted by molar-refractivity contribution is -0.129. The maximum absolute atomic E-state index is 11.5. The number of amides is 1. The number of hydrogen-bond donors (Lipinski definition) is 0. The minimum absolute atomic E-state index is 0.190. The van der Waals surface area contributed by atoms with Gasteiger partial charge in [-0.05, 0) is 35.4 Å². The van der Waals surface area contributed by atoms with Crippen LogP contribution >= 0.6 is 0 Å². The topological polar surface area (TPSA) is 20.3 Å². The second kappa shape index (κ2) is 4.91. The summed E-state index contributed by atoms with van der Waals surface area (Å²) in [6, 6.07) is 6.57. The second-order valence-corrected chi connectivity index (χ2v) is 5.34. The van der Waals surface area contributed by atoms with Crippen molar-refractivity contribution in [3.63, 3.8) is 0 Å². The van der Waals surface area contributed by atoms with Gasteiger partial charge in [0.1, 0.15) is 0 Å². The van der Waals surface area contributed by atoms with E-state index in [0.717, 1.165) is 25.9 Å². The molecule has 0 aromatic heterocycles. The number of carbonyl (C=O) groups is 1. The van der Waals surface area contributed by atoms with Gasteiger partial charge in [-0.1, -0.05) is 32.0 Å². The van der Waals surface area contributed by atoms with Crippen LogP contribution in [0.15, 0.2) is 18.2 Å². The number of hydrogen-bond acceptors (Lipinski definition) is 1. The van der Waals surface area contributed by atoms with E-state index in [0.29, 0.717) is 5.92 Å². The van der Waals surface area contributed by atoms with Gasteiger partial charge in [-0.3, -0.25) is 4.79 Å². The molecule has 0 unspecified atom stereocenters. The highest BCUT2D eigenvalue weighted by Crippen LogP contribution is 2.24. The molecule has 0 spiro atoms. The Hall–Kier alpha value is -1.31. The van der Waals surface area contributed by atoms with Gasteiger partial charge in [-0.15, -0.1) is 0 Å². The molecule has 2 heteroatoms. The fraction of sp³-hybridized carbons (Fsp3) is 0.533. The van der Waals surface area contributed by atoms with E-state index in [1.54, 1.807) is 6.92 Å². The Morgan fingerprint density at radius 3 is 2.82 bits per heavy atom. The van der Waals surface area contributed by atoms with Gasteiger partial charge >= 0.3 is 0 Å². The molecule has 2 rings (SSSR count). The Balaban J connectivity index is 2.29. The summed E-state index contributed by atoms with van der Waals surface area (Å²) in [4.78, 5) is 13.4. The molecule has 0 radical (unpaired) electrons. The molecule has 0 aliphatic carbocycles. The molecule has 17 heavy (non-hydrogen) atoms. The summed E-state index contributed by atoms with van der Waals surface area (Å²) in [6.45, 7) is 7.81. The van der Waals surface area contributed by atoms with Crippen molar-refractivity contribution in [3.8, 4) is 0 Å². The molecular formula is C15H21NO. The van der Waals surface area contributed by atoms with Crippen LogP contribution in [0, 0.1) is 5.92 Å². The third-order valence-electron chi connectivity index (χ3n) is 3.44. The Morgan fingerprint density at radius 2 is 2.18 bits per heavy atom. The van der Waals surface area contributed by atoms with Crippen LogP contribution in [-0.4, -0.2) is 17.4 Å².